The summed E-state index contributed by atoms with van der Waals surface area (Å²) in [4.78, 5) is 37.5. The fourth-order valence-electron chi connectivity index (χ4n) is 3.69. The van der Waals surface area contributed by atoms with Crippen LogP contribution in [0.3, 0.4) is 0 Å². The lowest BCUT2D eigenvalue weighted by Gasteiger charge is -2.44. The van der Waals surface area contributed by atoms with Gasteiger partial charge in [0.1, 0.15) is 5.41 Å². The molecule has 0 bridgehead atoms. The van der Waals surface area contributed by atoms with E-state index in [2.05, 4.69) is 5.32 Å². The summed E-state index contributed by atoms with van der Waals surface area (Å²) in [6.45, 7) is 0.463. The first kappa shape index (κ1) is 13.6. The number of urea groups is 1. The molecule has 5 nitrogen and oxygen atoms in total. The van der Waals surface area contributed by atoms with E-state index in [9.17, 15) is 14.4 Å². The highest BCUT2D eigenvalue weighted by Gasteiger charge is 2.57. The van der Waals surface area contributed by atoms with E-state index in [1.807, 2.05) is 0 Å². The summed E-state index contributed by atoms with van der Waals surface area (Å²) in [7, 11) is 0. The van der Waals surface area contributed by atoms with Crippen LogP contribution >= 0.6 is 0 Å². The average molecular weight is 278 g/mol. The number of imide groups is 2. The van der Waals surface area contributed by atoms with Crippen molar-refractivity contribution in [3.05, 3.63) is 0 Å². The smallest absolute Gasteiger partial charge is 0.277 e. The number of amides is 4. The second-order valence-electron chi connectivity index (χ2n) is 6.44. The van der Waals surface area contributed by atoms with Crippen LogP contribution in [0.25, 0.3) is 0 Å². The maximum absolute atomic E-state index is 12.5. The van der Waals surface area contributed by atoms with Gasteiger partial charge in [-0.2, -0.15) is 0 Å². The molecular formula is C15H22N2O3. The van der Waals surface area contributed by atoms with E-state index in [-0.39, 0.29) is 11.8 Å². The topological polar surface area (TPSA) is 66.5 Å². The molecule has 2 aliphatic carbocycles. The Kier molecular flexibility index (Phi) is 3.52. The van der Waals surface area contributed by atoms with Gasteiger partial charge in [0, 0.05) is 6.54 Å². The standard InChI is InChI=1S/C15H22N2O3/c18-12-15(8-4-9-15)13(19)17(14(20)16-12)10-7-11-5-2-1-3-6-11/h11H,1-10H2,(H,16,18,20). The highest BCUT2D eigenvalue weighted by atomic mass is 16.2. The number of barbiturate groups is 1. The van der Waals surface area contributed by atoms with E-state index in [0.29, 0.717) is 25.3 Å². The van der Waals surface area contributed by atoms with Crippen molar-refractivity contribution in [2.24, 2.45) is 11.3 Å². The van der Waals surface area contributed by atoms with Gasteiger partial charge in [-0.3, -0.25) is 19.8 Å². The van der Waals surface area contributed by atoms with Gasteiger partial charge in [0.05, 0.1) is 0 Å². The van der Waals surface area contributed by atoms with Crippen molar-refractivity contribution in [2.45, 2.75) is 57.8 Å². The molecule has 0 aromatic rings. The van der Waals surface area contributed by atoms with Crippen LogP contribution in [0.15, 0.2) is 0 Å². The van der Waals surface area contributed by atoms with E-state index in [1.165, 1.54) is 37.0 Å². The quantitative estimate of drug-likeness (QED) is 0.805. The zero-order chi connectivity index (χ0) is 14.2. The van der Waals surface area contributed by atoms with Crippen molar-refractivity contribution in [3.8, 4) is 0 Å². The fraction of sp³-hybridized carbons (Fsp3) is 0.800. The Hall–Kier alpha value is -1.39. The molecule has 0 atom stereocenters. The van der Waals surface area contributed by atoms with Crippen molar-refractivity contribution >= 4 is 17.8 Å². The molecule has 3 rings (SSSR count). The highest BCUT2D eigenvalue weighted by Crippen LogP contribution is 2.44. The molecule has 0 aromatic heterocycles. The Balaban J connectivity index is 1.63. The number of nitrogens with one attached hydrogen (secondary N) is 1. The molecule has 3 aliphatic rings. The Morgan fingerprint density at radius 3 is 2.35 bits per heavy atom. The molecule has 1 N–H and O–H groups in total. The zero-order valence-corrected chi connectivity index (χ0v) is 11.8. The lowest BCUT2D eigenvalue weighted by molar-refractivity contribution is -0.157. The Morgan fingerprint density at radius 1 is 1.05 bits per heavy atom. The summed E-state index contributed by atoms with van der Waals surface area (Å²) in [6, 6.07) is -0.520. The minimum Gasteiger partial charge on any atom is -0.277 e. The molecule has 0 radical (unpaired) electrons. The maximum atomic E-state index is 12.5. The first-order valence-corrected chi connectivity index (χ1v) is 7.81. The van der Waals surface area contributed by atoms with Crippen LogP contribution < -0.4 is 5.32 Å². The van der Waals surface area contributed by atoms with E-state index in [0.717, 1.165) is 12.8 Å². The van der Waals surface area contributed by atoms with E-state index < -0.39 is 11.4 Å². The van der Waals surface area contributed by atoms with Gasteiger partial charge in [0.2, 0.25) is 11.8 Å². The van der Waals surface area contributed by atoms with Crippen LogP contribution in [0.1, 0.15) is 57.8 Å². The minimum atomic E-state index is -0.916. The largest absolute Gasteiger partial charge is 0.330 e. The van der Waals surface area contributed by atoms with Gasteiger partial charge in [-0.25, -0.2) is 4.79 Å². The average Bonchev–Trinajstić information content (AvgIpc) is 2.37. The van der Waals surface area contributed by atoms with E-state index >= 15 is 0 Å². The van der Waals surface area contributed by atoms with Crippen LogP contribution in [-0.2, 0) is 9.59 Å². The Morgan fingerprint density at radius 2 is 1.75 bits per heavy atom. The second-order valence-corrected chi connectivity index (χ2v) is 6.44. The minimum absolute atomic E-state index is 0.256. The highest BCUT2D eigenvalue weighted by molar-refractivity contribution is 6.19. The van der Waals surface area contributed by atoms with Gasteiger partial charge in [-0.05, 0) is 25.2 Å². The summed E-state index contributed by atoms with van der Waals surface area (Å²) in [6.07, 6.45) is 9.17. The summed E-state index contributed by atoms with van der Waals surface area (Å²) in [5.41, 5.74) is -0.916. The van der Waals surface area contributed by atoms with E-state index in [1.54, 1.807) is 0 Å². The number of carbonyl (C=O) groups is 3. The lowest BCUT2D eigenvalue weighted by Crippen LogP contribution is -2.66. The summed E-state index contributed by atoms with van der Waals surface area (Å²) in [5.74, 6) is -0.0136. The normalized spacial score (nSPS) is 26.6. The summed E-state index contributed by atoms with van der Waals surface area (Å²) < 4.78 is 0. The van der Waals surface area contributed by atoms with Crippen molar-refractivity contribution in [3.63, 3.8) is 0 Å². The Bertz CT molecular complexity index is 436. The van der Waals surface area contributed by atoms with Crippen molar-refractivity contribution in [1.29, 1.82) is 0 Å². The van der Waals surface area contributed by atoms with Crippen molar-refractivity contribution in [2.75, 3.05) is 6.54 Å². The van der Waals surface area contributed by atoms with Gasteiger partial charge >= 0.3 is 6.03 Å². The molecule has 110 valence electrons. The number of rotatable bonds is 3. The molecule has 1 heterocycles. The molecule has 0 aromatic carbocycles. The van der Waals surface area contributed by atoms with Crippen LogP contribution in [0, 0.1) is 11.3 Å². The van der Waals surface area contributed by atoms with Crippen molar-refractivity contribution < 1.29 is 14.4 Å². The molecule has 1 aliphatic heterocycles. The molecule has 1 saturated heterocycles. The summed E-state index contributed by atoms with van der Waals surface area (Å²) in [5, 5.41) is 2.37. The molecule has 4 amide bonds. The van der Waals surface area contributed by atoms with Gasteiger partial charge in [0.15, 0.2) is 0 Å². The van der Waals surface area contributed by atoms with Crippen LogP contribution in [0.5, 0.6) is 0 Å². The van der Waals surface area contributed by atoms with Crippen molar-refractivity contribution in [1.82, 2.24) is 10.2 Å². The molecule has 3 fully saturated rings. The predicted octanol–water partition coefficient (Wildman–Crippen LogP) is 2.21. The SMILES string of the molecule is O=C1NC(=O)C2(CCC2)C(=O)N1CCC1CCCCC1. The third kappa shape index (κ3) is 2.13. The first-order chi connectivity index (χ1) is 9.63. The number of carbonyl (C=O) groups excluding carboxylic acids is 3. The van der Waals surface area contributed by atoms with Crippen LogP contribution in [-0.4, -0.2) is 29.3 Å². The van der Waals surface area contributed by atoms with Gasteiger partial charge < -0.3 is 0 Å². The van der Waals surface area contributed by atoms with E-state index in [4.69, 9.17) is 0 Å². The number of nitrogens with zero attached hydrogens (tertiary/aromatic N) is 1. The van der Waals surface area contributed by atoms with Crippen LogP contribution in [0.2, 0.25) is 0 Å². The zero-order valence-electron chi connectivity index (χ0n) is 11.8. The van der Waals surface area contributed by atoms with Gasteiger partial charge in [0.25, 0.3) is 0 Å². The number of hydrogen-bond donors (Lipinski definition) is 1. The maximum Gasteiger partial charge on any atom is 0.330 e. The third-order valence-electron chi connectivity index (χ3n) is 5.25. The van der Waals surface area contributed by atoms with Crippen LogP contribution in [0.4, 0.5) is 4.79 Å². The molecule has 20 heavy (non-hydrogen) atoms. The first-order valence-electron chi connectivity index (χ1n) is 7.81. The summed E-state index contributed by atoms with van der Waals surface area (Å²) >= 11 is 0. The molecule has 5 heteroatoms. The second kappa shape index (κ2) is 5.19. The number of hydrogen-bond acceptors (Lipinski definition) is 3. The molecule has 0 unspecified atom stereocenters. The molecule has 2 saturated carbocycles. The van der Waals surface area contributed by atoms with Gasteiger partial charge in [-0.15, -0.1) is 0 Å². The lowest BCUT2D eigenvalue weighted by atomic mass is 9.66. The molecular weight excluding hydrogens is 256 g/mol. The Labute approximate surface area is 119 Å². The fourth-order valence-corrected chi connectivity index (χ4v) is 3.69. The third-order valence-corrected chi connectivity index (χ3v) is 5.25. The predicted molar refractivity (Wildman–Crippen MR) is 72.7 cm³/mol. The monoisotopic (exact) mass is 278 g/mol. The molecule has 1 spiro atoms. The van der Waals surface area contributed by atoms with Gasteiger partial charge in [-0.1, -0.05) is 38.5 Å².